The zero-order valence-corrected chi connectivity index (χ0v) is 12.2. The summed E-state index contributed by atoms with van der Waals surface area (Å²) in [7, 11) is 5.32. The van der Waals surface area contributed by atoms with E-state index in [1.54, 1.807) is 37.2 Å². The number of pyridine rings is 1. The Balaban J connectivity index is 2.31. The molecule has 1 N–H and O–H groups in total. The third-order valence-electron chi connectivity index (χ3n) is 3.15. The molecule has 2 aromatic rings. The Labute approximate surface area is 118 Å². The quantitative estimate of drug-likeness (QED) is 0.910. The van der Waals surface area contributed by atoms with Gasteiger partial charge in [0.05, 0.1) is 0 Å². The Kier molecular flexibility index (Phi) is 4.14. The predicted octanol–water partition coefficient (Wildman–Crippen LogP) is 1.25. The summed E-state index contributed by atoms with van der Waals surface area (Å²) in [6.07, 6.45) is 3.49. The van der Waals surface area contributed by atoms with Crippen LogP contribution in [0.5, 0.6) is 0 Å². The Morgan fingerprint density at radius 1 is 1.40 bits per heavy atom. The van der Waals surface area contributed by atoms with Crippen LogP contribution in [0, 0.1) is 0 Å². The van der Waals surface area contributed by atoms with E-state index in [1.807, 2.05) is 19.2 Å². The molecule has 0 aliphatic rings. The Hall–Kier alpha value is -2.21. The first-order valence-corrected chi connectivity index (χ1v) is 6.44. The van der Waals surface area contributed by atoms with Crippen molar-refractivity contribution in [3.63, 3.8) is 0 Å². The summed E-state index contributed by atoms with van der Waals surface area (Å²) in [6, 6.07) is 5.84. The maximum Gasteiger partial charge on any atom is 0.273 e. The SMILES string of the molecule is CNC(C)c1ccnc(-n2ccc(C(=O)N(C)C)n2)c1. The Morgan fingerprint density at radius 2 is 2.15 bits per heavy atom. The molecule has 6 heteroatoms. The first-order valence-electron chi connectivity index (χ1n) is 6.44. The molecule has 0 bridgehead atoms. The second kappa shape index (κ2) is 5.83. The number of carbonyl (C=O) groups excluding carboxylic acids is 1. The lowest BCUT2D eigenvalue weighted by molar-refractivity contribution is 0.0821. The molecule has 0 radical (unpaired) electrons. The Morgan fingerprint density at radius 3 is 2.80 bits per heavy atom. The van der Waals surface area contributed by atoms with Crippen molar-refractivity contribution in [2.24, 2.45) is 0 Å². The summed E-state index contributed by atoms with van der Waals surface area (Å²) in [4.78, 5) is 17.6. The van der Waals surface area contributed by atoms with Gasteiger partial charge in [-0.2, -0.15) is 5.10 Å². The number of nitrogens with zero attached hydrogens (tertiary/aromatic N) is 4. The molecule has 20 heavy (non-hydrogen) atoms. The van der Waals surface area contributed by atoms with Crippen LogP contribution in [0.4, 0.5) is 0 Å². The van der Waals surface area contributed by atoms with E-state index in [0.717, 1.165) is 5.56 Å². The highest BCUT2D eigenvalue weighted by Crippen LogP contribution is 2.14. The standard InChI is InChI=1S/C14H19N5O/c1-10(15-2)11-5-7-16-13(9-11)19-8-6-12(17-19)14(20)18(3)4/h5-10,15H,1-4H3. The van der Waals surface area contributed by atoms with Crippen molar-refractivity contribution in [1.82, 2.24) is 25.0 Å². The highest BCUT2D eigenvalue weighted by Gasteiger charge is 2.13. The Bertz CT molecular complexity index is 605. The van der Waals surface area contributed by atoms with Gasteiger partial charge < -0.3 is 10.2 Å². The van der Waals surface area contributed by atoms with E-state index in [0.29, 0.717) is 11.5 Å². The molecule has 6 nitrogen and oxygen atoms in total. The van der Waals surface area contributed by atoms with Crippen molar-refractivity contribution in [3.05, 3.63) is 41.9 Å². The van der Waals surface area contributed by atoms with E-state index in [-0.39, 0.29) is 11.9 Å². The predicted molar refractivity (Wildman–Crippen MR) is 76.9 cm³/mol. The molecule has 2 heterocycles. The average molecular weight is 273 g/mol. The molecular formula is C14H19N5O. The summed E-state index contributed by atoms with van der Waals surface area (Å²) in [6.45, 7) is 2.07. The number of amides is 1. The number of aromatic nitrogens is 3. The van der Waals surface area contributed by atoms with Crippen LogP contribution in [-0.4, -0.2) is 46.7 Å². The molecule has 2 aromatic heterocycles. The summed E-state index contributed by atoms with van der Waals surface area (Å²) in [5.74, 6) is 0.575. The summed E-state index contributed by atoms with van der Waals surface area (Å²) < 4.78 is 1.61. The average Bonchev–Trinajstić information content (AvgIpc) is 2.95. The van der Waals surface area contributed by atoms with Gasteiger partial charge in [0.25, 0.3) is 5.91 Å². The van der Waals surface area contributed by atoms with Crippen LogP contribution in [0.15, 0.2) is 30.6 Å². The van der Waals surface area contributed by atoms with Gasteiger partial charge in [0, 0.05) is 32.5 Å². The lowest BCUT2D eigenvalue weighted by Crippen LogP contribution is -2.22. The maximum absolute atomic E-state index is 11.8. The van der Waals surface area contributed by atoms with Gasteiger partial charge in [-0.15, -0.1) is 0 Å². The van der Waals surface area contributed by atoms with E-state index in [2.05, 4.69) is 22.3 Å². The van der Waals surface area contributed by atoms with Crippen molar-refractivity contribution < 1.29 is 4.79 Å². The molecule has 1 unspecified atom stereocenters. The number of carbonyl (C=O) groups is 1. The molecule has 0 saturated carbocycles. The fourth-order valence-corrected chi connectivity index (χ4v) is 1.79. The lowest BCUT2D eigenvalue weighted by Gasteiger charge is -2.11. The van der Waals surface area contributed by atoms with Crippen LogP contribution in [0.25, 0.3) is 5.82 Å². The van der Waals surface area contributed by atoms with E-state index < -0.39 is 0 Å². The first kappa shape index (κ1) is 14.2. The fraction of sp³-hybridized carbons (Fsp3) is 0.357. The zero-order valence-electron chi connectivity index (χ0n) is 12.2. The molecular weight excluding hydrogens is 254 g/mol. The minimum atomic E-state index is -0.122. The second-order valence-corrected chi connectivity index (χ2v) is 4.80. The molecule has 1 atom stereocenters. The minimum absolute atomic E-state index is 0.122. The van der Waals surface area contributed by atoms with Crippen LogP contribution in [-0.2, 0) is 0 Å². The molecule has 2 rings (SSSR count). The van der Waals surface area contributed by atoms with Crippen LogP contribution in [0.3, 0.4) is 0 Å². The largest absolute Gasteiger partial charge is 0.343 e. The van der Waals surface area contributed by atoms with Gasteiger partial charge >= 0.3 is 0 Å². The highest BCUT2D eigenvalue weighted by atomic mass is 16.2. The smallest absolute Gasteiger partial charge is 0.273 e. The number of rotatable bonds is 4. The molecule has 0 fully saturated rings. The van der Waals surface area contributed by atoms with Crippen molar-refractivity contribution in [2.45, 2.75) is 13.0 Å². The van der Waals surface area contributed by atoms with Gasteiger partial charge in [0.1, 0.15) is 0 Å². The van der Waals surface area contributed by atoms with Gasteiger partial charge in [-0.05, 0) is 37.7 Å². The van der Waals surface area contributed by atoms with E-state index >= 15 is 0 Å². The van der Waals surface area contributed by atoms with Crippen LogP contribution in [0.1, 0.15) is 29.0 Å². The van der Waals surface area contributed by atoms with Gasteiger partial charge in [0.15, 0.2) is 11.5 Å². The van der Waals surface area contributed by atoms with E-state index in [1.165, 1.54) is 4.90 Å². The van der Waals surface area contributed by atoms with Crippen molar-refractivity contribution in [2.75, 3.05) is 21.1 Å². The molecule has 1 amide bonds. The van der Waals surface area contributed by atoms with Gasteiger partial charge in [0.2, 0.25) is 0 Å². The molecule has 0 aliphatic carbocycles. The number of nitrogens with one attached hydrogen (secondary N) is 1. The van der Waals surface area contributed by atoms with Gasteiger partial charge in [-0.3, -0.25) is 4.79 Å². The monoisotopic (exact) mass is 273 g/mol. The first-order chi connectivity index (χ1) is 9.52. The third-order valence-corrected chi connectivity index (χ3v) is 3.15. The number of hydrogen-bond acceptors (Lipinski definition) is 4. The topological polar surface area (TPSA) is 63.1 Å². The molecule has 0 aliphatic heterocycles. The van der Waals surface area contributed by atoms with E-state index in [9.17, 15) is 4.79 Å². The van der Waals surface area contributed by atoms with Crippen LogP contribution >= 0.6 is 0 Å². The molecule has 0 spiro atoms. The van der Waals surface area contributed by atoms with Gasteiger partial charge in [-0.1, -0.05) is 0 Å². The molecule has 0 aromatic carbocycles. The maximum atomic E-state index is 11.8. The van der Waals surface area contributed by atoms with Crippen molar-refractivity contribution in [1.29, 1.82) is 0 Å². The number of hydrogen-bond donors (Lipinski definition) is 1. The van der Waals surface area contributed by atoms with E-state index in [4.69, 9.17) is 0 Å². The summed E-state index contributed by atoms with van der Waals surface area (Å²) in [5, 5.41) is 7.45. The normalized spacial score (nSPS) is 12.2. The molecule has 106 valence electrons. The van der Waals surface area contributed by atoms with Crippen molar-refractivity contribution >= 4 is 5.91 Å². The minimum Gasteiger partial charge on any atom is -0.343 e. The van der Waals surface area contributed by atoms with Crippen molar-refractivity contribution in [3.8, 4) is 5.82 Å². The third kappa shape index (κ3) is 2.85. The highest BCUT2D eigenvalue weighted by molar-refractivity contribution is 5.91. The van der Waals surface area contributed by atoms with Gasteiger partial charge in [-0.25, -0.2) is 9.67 Å². The lowest BCUT2D eigenvalue weighted by atomic mass is 10.1. The second-order valence-electron chi connectivity index (χ2n) is 4.80. The summed E-state index contributed by atoms with van der Waals surface area (Å²) >= 11 is 0. The zero-order chi connectivity index (χ0) is 14.7. The fourth-order valence-electron chi connectivity index (χ4n) is 1.79. The summed E-state index contributed by atoms with van der Waals surface area (Å²) in [5.41, 5.74) is 1.53. The van der Waals surface area contributed by atoms with Crippen LogP contribution < -0.4 is 5.32 Å². The van der Waals surface area contributed by atoms with Crippen LogP contribution in [0.2, 0.25) is 0 Å². The molecule has 0 saturated heterocycles.